The van der Waals surface area contributed by atoms with Crippen LogP contribution < -0.4 is 11.1 Å². The van der Waals surface area contributed by atoms with Gasteiger partial charge in [-0.05, 0) is 25.1 Å². The maximum Gasteiger partial charge on any atom is 0.128 e. The summed E-state index contributed by atoms with van der Waals surface area (Å²) in [6.45, 7) is 11.1. The maximum absolute atomic E-state index is 6.17. The van der Waals surface area contributed by atoms with E-state index in [1.807, 2.05) is 0 Å². The van der Waals surface area contributed by atoms with Gasteiger partial charge in [-0.15, -0.1) is 0 Å². The largest absolute Gasteiger partial charge is 0.383 e. The van der Waals surface area contributed by atoms with Crippen molar-refractivity contribution in [1.29, 1.82) is 0 Å². The van der Waals surface area contributed by atoms with Gasteiger partial charge < -0.3 is 11.1 Å². The van der Waals surface area contributed by atoms with Gasteiger partial charge in [0.05, 0.1) is 6.04 Å². The smallest absolute Gasteiger partial charge is 0.128 e. The Bertz CT molecular complexity index is 447. The lowest BCUT2D eigenvalue weighted by molar-refractivity contribution is -0.00345. The predicted octanol–water partition coefficient (Wildman–Crippen LogP) is 0.623. The van der Waals surface area contributed by atoms with Crippen molar-refractivity contribution in [3.05, 3.63) is 23.4 Å². The van der Waals surface area contributed by atoms with Gasteiger partial charge in [0.1, 0.15) is 5.82 Å². The lowest BCUT2D eigenvalue weighted by Gasteiger charge is -2.50. The summed E-state index contributed by atoms with van der Waals surface area (Å²) in [5.41, 5.74) is 8.60. The molecule has 3 aliphatic heterocycles. The fraction of sp³-hybridized carbons (Fsp3) is 0.667. The molecular weight excluding hydrogens is 250 g/mol. The first-order valence-electron chi connectivity index (χ1n) is 7.61. The van der Waals surface area contributed by atoms with E-state index in [1.54, 1.807) is 6.20 Å². The van der Waals surface area contributed by atoms with E-state index in [9.17, 15) is 0 Å². The molecule has 0 spiro atoms. The summed E-state index contributed by atoms with van der Waals surface area (Å²) in [4.78, 5) is 9.48. The number of fused-ring (bicyclic) bond motifs is 3. The Balaban J connectivity index is 1.93. The molecule has 0 aromatic carbocycles. The van der Waals surface area contributed by atoms with Crippen molar-refractivity contribution in [2.75, 3.05) is 45.0 Å². The zero-order chi connectivity index (χ0) is 14.1. The number of hydrogen-bond donors (Lipinski definition) is 2. The third-order valence-electron chi connectivity index (χ3n) is 4.68. The molecule has 5 heteroatoms. The van der Waals surface area contributed by atoms with Crippen LogP contribution in [0, 0.1) is 6.92 Å². The SMILES string of the molecule is CCNC(c1c(C)ccnc1N)C1CN2CCN1CC2. The Hall–Kier alpha value is -1.17. The zero-order valence-electron chi connectivity index (χ0n) is 12.5. The molecule has 2 atom stereocenters. The molecule has 20 heavy (non-hydrogen) atoms. The minimum atomic E-state index is 0.275. The molecule has 3 aliphatic rings. The Morgan fingerprint density at radius 1 is 1.40 bits per heavy atom. The second-order valence-electron chi connectivity index (χ2n) is 5.87. The molecule has 2 bridgehead atoms. The van der Waals surface area contributed by atoms with Crippen LogP contribution in [0.1, 0.15) is 24.1 Å². The van der Waals surface area contributed by atoms with Crippen LogP contribution in [-0.2, 0) is 0 Å². The number of aryl methyl sites for hydroxylation is 1. The van der Waals surface area contributed by atoms with E-state index in [4.69, 9.17) is 5.73 Å². The van der Waals surface area contributed by atoms with Crippen molar-refractivity contribution in [1.82, 2.24) is 20.1 Å². The first-order chi connectivity index (χ1) is 9.70. The van der Waals surface area contributed by atoms with E-state index in [2.05, 4.69) is 40.0 Å². The molecule has 110 valence electrons. The molecule has 3 saturated heterocycles. The second kappa shape index (κ2) is 5.68. The van der Waals surface area contributed by atoms with E-state index in [1.165, 1.54) is 37.3 Å². The highest BCUT2D eigenvalue weighted by molar-refractivity contribution is 5.47. The first kappa shape index (κ1) is 13.8. The summed E-state index contributed by atoms with van der Waals surface area (Å²) in [5.74, 6) is 0.675. The van der Waals surface area contributed by atoms with E-state index in [0.29, 0.717) is 11.9 Å². The lowest BCUT2D eigenvalue weighted by atomic mass is 9.91. The third-order valence-corrected chi connectivity index (χ3v) is 4.68. The second-order valence-corrected chi connectivity index (χ2v) is 5.87. The highest BCUT2D eigenvalue weighted by atomic mass is 15.4. The molecule has 2 unspecified atom stereocenters. The third kappa shape index (κ3) is 2.41. The summed E-state index contributed by atoms with van der Waals surface area (Å²) >= 11 is 0. The highest BCUT2D eigenvalue weighted by Crippen LogP contribution is 2.31. The molecule has 0 aliphatic carbocycles. The molecule has 3 N–H and O–H groups in total. The molecule has 0 saturated carbocycles. The summed E-state index contributed by atoms with van der Waals surface area (Å²) in [5, 5.41) is 3.65. The van der Waals surface area contributed by atoms with Crippen LogP contribution in [0.2, 0.25) is 0 Å². The van der Waals surface area contributed by atoms with Gasteiger partial charge in [0.2, 0.25) is 0 Å². The van der Waals surface area contributed by atoms with Crippen molar-refractivity contribution >= 4 is 5.82 Å². The quantitative estimate of drug-likeness (QED) is 0.844. The van der Waals surface area contributed by atoms with Crippen molar-refractivity contribution in [3.8, 4) is 0 Å². The van der Waals surface area contributed by atoms with Gasteiger partial charge in [0.25, 0.3) is 0 Å². The minimum Gasteiger partial charge on any atom is -0.383 e. The first-order valence-corrected chi connectivity index (χ1v) is 7.61. The molecule has 1 aromatic heterocycles. The Morgan fingerprint density at radius 2 is 2.15 bits per heavy atom. The van der Waals surface area contributed by atoms with Crippen molar-refractivity contribution in [2.24, 2.45) is 0 Å². The van der Waals surface area contributed by atoms with Gasteiger partial charge in [-0.25, -0.2) is 4.98 Å². The number of pyridine rings is 1. The maximum atomic E-state index is 6.17. The molecular formula is C15H25N5. The summed E-state index contributed by atoms with van der Waals surface area (Å²) in [7, 11) is 0. The van der Waals surface area contributed by atoms with E-state index >= 15 is 0 Å². The number of nitrogens with zero attached hydrogens (tertiary/aromatic N) is 3. The molecule has 5 nitrogen and oxygen atoms in total. The van der Waals surface area contributed by atoms with Gasteiger partial charge in [-0.3, -0.25) is 9.80 Å². The Kier molecular flexibility index (Phi) is 3.92. The fourth-order valence-electron chi connectivity index (χ4n) is 3.62. The molecule has 3 fully saturated rings. The summed E-state index contributed by atoms with van der Waals surface area (Å²) < 4.78 is 0. The van der Waals surface area contributed by atoms with Crippen molar-refractivity contribution in [3.63, 3.8) is 0 Å². The fourth-order valence-corrected chi connectivity index (χ4v) is 3.62. The molecule has 0 amide bonds. The zero-order valence-corrected chi connectivity index (χ0v) is 12.5. The normalized spacial score (nSPS) is 30.4. The van der Waals surface area contributed by atoms with Crippen LogP contribution in [-0.4, -0.2) is 60.1 Å². The number of nitrogen functional groups attached to an aromatic ring is 1. The van der Waals surface area contributed by atoms with Crippen LogP contribution in [0.3, 0.4) is 0 Å². The molecule has 1 aromatic rings. The van der Waals surface area contributed by atoms with Gasteiger partial charge in [-0.1, -0.05) is 6.92 Å². The number of piperazine rings is 3. The van der Waals surface area contributed by atoms with Gasteiger partial charge >= 0.3 is 0 Å². The predicted molar refractivity (Wildman–Crippen MR) is 81.6 cm³/mol. The number of aromatic nitrogens is 1. The number of hydrogen-bond acceptors (Lipinski definition) is 5. The lowest BCUT2D eigenvalue weighted by Crippen LogP contribution is -2.64. The van der Waals surface area contributed by atoms with Gasteiger partial charge in [-0.2, -0.15) is 0 Å². The van der Waals surface area contributed by atoms with Crippen LogP contribution in [0.4, 0.5) is 5.82 Å². The molecule has 4 heterocycles. The van der Waals surface area contributed by atoms with Gasteiger partial charge in [0, 0.05) is 50.5 Å². The van der Waals surface area contributed by atoms with Crippen molar-refractivity contribution in [2.45, 2.75) is 25.9 Å². The van der Waals surface area contributed by atoms with E-state index in [0.717, 1.165) is 13.1 Å². The highest BCUT2D eigenvalue weighted by Gasteiger charge is 2.38. The average molecular weight is 275 g/mol. The van der Waals surface area contributed by atoms with Crippen LogP contribution in [0.25, 0.3) is 0 Å². The molecule has 4 rings (SSSR count). The number of rotatable bonds is 4. The van der Waals surface area contributed by atoms with Gasteiger partial charge in [0.15, 0.2) is 0 Å². The number of likely N-dealkylation sites (N-methyl/N-ethyl adjacent to an activating group) is 1. The monoisotopic (exact) mass is 275 g/mol. The number of nitrogens with one attached hydrogen (secondary N) is 1. The summed E-state index contributed by atoms with van der Waals surface area (Å²) in [6.07, 6.45) is 1.80. The summed E-state index contributed by atoms with van der Waals surface area (Å²) in [6, 6.07) is 2.84. The standard InChI is InChI=1S/C15H25N5/c1-3-17-14(13-11(2)4-5-18-15(13)16)12-10-19-6-8-20(12)9-7-19/h4-5,12,14,17H,3,6-10H2,1-2H3,(H2,16,18). The topological polar surface area (TPSA) is 57.4 Å². The number of nitrogens with two attached hydrogens (primary N) is 1. The van der Waals surface area contributed by atoms with Crippen LogP contribution in [0.5, 0.6) is 0 Å². The molecule has 0 radical (unpaired) electrons. The Morgan fingerprint density at radius 3 is 2.70 bits per heavy atom. The average Bonchev–Trinajstić information content (AvgIpc) is 2.47. The van der Waals surface area contributed by atoms with E-state index < -0.39 is 0 Å². The Labute approximate surface area is 121 Å². The minimum absolute atomic E-state index is 0.275. The van der Waals surface area contributed by atoms with Crippen molar-refractivity contribution < 1.29 is 0 Å². The van der Waals surface area contributed by atoms with Crippen LogP contribution >= 0.6 is 0 Å². The van der Waals surface area contributed by atoms with Crippen LogP contribution in [0.15, 0.2) is 12.3 Å². The number of anilines is 1. The van der Waals surface area contributed by atoms with E-state index in [-0.39, 0.29) is 6.04 Å².